The van der Waals surface area contributed by atoms with Crippen molar-refractivity contribution in [1.82, 2.24) is 15.2 Å². The number of amides is 1. The van der Waals surface area contributed by atoms with Crippen molar-refractivity contribution in [1.29, 1.82) is 0 Å². The molecule has 0 spiro atoms. The molecule has 0 aliphatic heterocycles. The summed E-state index contributed by atoms with van der Waals surface area (Å²) in [6.45, 7) is 10.2. The molecule has 1 aromatic heterocycles. The number of aromatic nitrogens is 2. The highest BCUT2D eigenvalue weighted by atomic mass is 16.2. The van der Waals surface area contributed by atoms with Crippen LogP contribution in [0.4, 0.5) is 0 Å². The molecular formula is C23H26N4O2. The maximum absolute atomic E-state index is 12.7. The molecule has 6 heteroatoms. The number of hydrazone groups is 1. The Morgan fingerprint density at radius 2 is 1.69 bits per heavy atom. The Balaban J connectivity index is 1.86. The van der Waals surface area contributed by atoms with E-state index < -0.39 is 5.91 Å². The Bertz CT molecular complexity index is 1120. The van der Waals surface area contributed by atoms with Gasteiger partial charge in [-0.3, -0.25) is 9.59 Å². The fourth-order valence-corrected chi connectivity index (χ4v) is 3.01. The van der Waals surface area contributed by atoms with Crippen LogP contribution in [0.1, 0.15) is 62.3 Å². The number of nitrogens with zero attached hydrogens (tertiary/aromatic N) is 3. The van der Waals surface area contributed by atoms with Gasteiger partial charge in [0.05, 0.1) is 17.6 Å². The minimum absolute atomic E-state index is 0.0795. The monoisotopic (exact) mass is 390 g/mol. The first-order valence-electron chi connectivity index (χ1n) is 9.64. The molecular weight excluding hydrogens is 364 g/mol. The van der Waals surface area contributed by atoms with Gasteiger partial charge >= 0.3 is 0 Å². The molecule has 0 aliphatic carbocycles. The average Bonchev–Trinajstić information content (AvgIpc) is 2.68. The molecule has 0 fully saturated rings. The van der Waals surface area contributed by atoms with Crippen LogP contribution in [0.2, 0.25) is 0 Å². The molecule has 0 saturated carbocycles. The Labute approximate surface area is 170 Å². The first-order valence-corrected chi connectivity index (χ1v) is 9.64. The van der Waals surface area contributed by atoms with Gasteiger partial charge in [-0.1, -0.05) is 63.2 Å². The van der Waals surface area contributed by atoms with Crippen LogP contribution in [0.5, 0.6) is 0 Å². The summed E-state index contributed by atoms with van der Waals surface area (Å²) in [7, 11) is 0. The van der Waals surface area contributed by atoms with Gasteiger partial charge in [-0.25, -0.2) is 10.1 Å². The quantitative estimate of drug-likeness (QED) is 0.540. The minimum Gasteiger partial charge on any atom is -0.267 e. The van der Waals surface area contributed by atoms with E-state index in [1.165, 1.54) is 10.2 Å². The van der Waals surface area contributed by atoms with Crippen LogP contribution in [0, 0.1) is 0 Å². The third kappa shape index (κ3) is 4.42. The molecule has 0 saturated heterocycles. The van der Waals surface area contributed by atoms with Gasteiger partial charge in [-0.15, -0.1) is 0 Å². The molecule has 0 atom stereocenters. The summed E-state index contributed by atoms with van der Waals surface area (Å²) >= 11 is 0. The van der Waals surface area contributed by atoms with Crippen molar-refractivity contribution in [3.63, 3.8) is 0 Å². The minimum atomic E-state index is -0.460. The van der Waals surface area contributed by atoms with Crippen LogP contribution in [-0.2, 0) is 5.41 Å². The summed E-state index contributed by atoms with van der Waals surface area (Å²) in [6, 6.07) is 14.8. The van der Waals surface area contributed by atoms with Gasteiger partial charge in [0.1, 0.15) is 0 Å². The zero-order valence-corrected chi connectivity index (χ0v) is 17.4. The lowest BCUT2D eigenvalue weighted by Gasteiger charge is -2.18. The summed E-state index contributed by atoms with van der Waals surface area (Å²) in [5.74, 6) is -0.460. The van der Waals surface area contributed by atoms with Crippen molar-refractivity contribution in [2.75, 3.05) is 0 Å². The number of hydrogen-bond acceptors (Lipinski definition) is 4. The van der Waals surface area contributed by atoms with Gasteiger partial charge in [0, 0.05) is 5.39 Å². The van der Waals surface area contributed by atoms with Gasteiger partial charge in [0.15, 0.2) is 5.69 Å². The Morgan fingerprint density at radius 3 is 2.28 bits per heavy atom. The second-order valence-corrected chi connectivity index (χ2v) is 8.31. The van der Waals surface area contributed by atoms with Gasteiger partial charge < -0.3 is 0 Å². The van der Waals surface area contributed by atoms with E-state index in [9.17, 15) is 9.59 Å². The molecule has 0 unspecified atom stereocenters. The maximum Gasteiger partial charge on any atom is 0.292 e. The fourth-order valence-electron chi connectivity index (χ4n) is 3.01. The van der Waals surface area contributed by atoms with Gasteiger partial charge in [-0.05, 0) is 36.5 Å². The maximum atomic E-state index is 12.7. The molecule has 150 valence electrons. The first kappa shape index (κ1) is 20.5. The lowest BCUT2D eigenvalue weighted by atomic mass is 9.87. The molecule has 1 amide bonds. The smallest absolute Gasteiger partial charge is 0.267 e. The van der Waals surface area contributed by atoms with Crippen LogP contribution >= 0.6 is 0 Å². The number of hydrogen-bond donors (Lipinski definition) is 1. The Hall–Kier alpha value is -3.28. The summed E-state index contributed by atoms with van der Waals surface area (Å²) in [5, 5.41) is 9.32. The molecule has 29 heavy (non-hydrogen) atoms. The van der Waals surface area contributed by atoms with E-state index in [1.54, 1.807) is 30.5 Å². The topological polar surface area (TPSA) is 76.3 Å². The number of fused-ring (bicyclic) bond motifs is 1. The predicted molar refractivity (Wildman–Crippen MR) is 117 cm³/mol. The molecule has 0 aliphatic rings. The van der Waals surface area contributed by atoms with Crippen molar-refractivity contribution >= 4 is 22.9 Å². The highest BCUT2D eigenvalue weighted by Gasteiger charge is 2.17. The Kier molecular flexibility index (Phi) is 5.64. The zero-order valence-electron chi connectivity index (χ0n) is 17.4. The lowest BCUT2D eigenvalue weighted by molar-refractivity contribution is 0.0949. The van der Waals surface area contributed by atoms with Gasteiger partial charge in [0.2, 0.25) is 0 Å². The van der Waals surface area contributed by atoms with E-state index in [0.717, 1.165) is 5.56 Å². The highest BCUT2D eigenvalue weighted by molar-refractivity contribution is 6.04. The lowest BCUT2D eigenvalue weighted by Crippen LogP contribution is -2.30. The average molecular weight is 390 g/mol. The van der Waals surface area contributed by atoms with Crippen molar-refractivity contribution in [3.8, 4) is 0 Å². The van der Waals surface area contributed by atoms with Crippen molar-refractivity contribution in [2.24, 2.45) is 5.10 Å². The van der Waals surface area contributed by atoms with Crippen LogP contribution in [0.15, 0.2) is 58.4 Å². The third-order valence-electron chi connectivity index (χ3n) is 4.69. The number of nitrogens with one attached hydrogen (secondary N) is 1. The number of benzene rings is 2. The molecule has 1 heterocycles. The zero-order chi connectivity index (χ0) is 21.2. The molecule has 0 radical (unpaired) electrons. The van der Waals surface area contributed by atoms with Crippen molar-refractivity contribution in [2.45, 2.75) is 46.1 Å². The van der Waals surface area contributed by atoms with E-state index in [2.05, 4.69) is 48.5 Å². The Morgan fingerprint density at radius 1 is 1.07 bits per heavy atom. The van der Waals surface area contributed by atoms with Crippen LogP contribution < -0.4 is 11.0 Å². The summed E-state index contributed by atoms with van der Waals surface area (Å²) in [5.41, 5.74) is 4.67. The van der Waals surface area contributed by atoms with Gasteiger partial charge in [-0.2, -0.15) is 10.2 Å². The molecule has 3 aromatic rings. The molecule has 0 bridgehead atoms. The predicted octanol–water partition coefficient (Wildman–Crippen LogP) is 4.04. The second kappa shape index (κ2) is 7.99. The normalized spacial score (nSPS) is 12.1. The molecule has 2 aromatic carbocycles. The van der Waals surface area contributed by atoms with Crippen molar-refractivity contribution in [3.05, 3.63) is 75.7 Å². The summed E-state index contributed by atoms with van der Waals surface area (Å²) < 4.78 is 1.33. The summed E-state index contributed by atoms with van der Waals surface area (Å²) in [4.78, 5) is 25.3. The fraction of sp³-hybridized carbons (Fsp3) is 0.304. The number of carbonyl (C=O) groups is 1. The molecule has 1 N–H and O–H groups in total. The van der Waals surface area contributed by atoms with E-state index in [4.69, 9.17) is 0 Å². The van der Waals surface area contributed by atoms with Gasteiger partial charge in [0.25, 0.3) is 11.5 Å². The summed E-state index contributed by atoms with van der Waals surface area (Å²) in [6.07, 6.45) is 1.59. The van der Waals surface area contributed by atoms with Crippen LogP contribution in [0.3, 0.4) is 0 Å². The molecule has 6 nitrogen and oxygen atoms in total. The van der Waals surface area contributed by atoms with E-state index in [-0.39, 0.29) is 22.7 Å². The van der Waals surface area contributed by atoms with Crippen molar-refractivity contribution < 1.29 is 4.79 Å². The molecule has 3 rings (SSSR count). The van der Waals surface area contributed by atoms with E-state index in [0.29, 0.717) is 10.8 Å². The first-order chi connectivity index (χ1) is 13.7. The second-order valence-electron chi connectivity index (χ2n) is 8.31. The number of rotatable bonds is 4. The number of carbonyl (C=O) groups excluding carboxylic acids is 1. The van der Waals surface area contributed by atoms with E-state index >= 15 is 0 Å². The van der Waals surface area contributed by atoms with Crippen LogP contribution in [-0.4, -0.2) is 21.9 Å². The SMILES string of the molecule is CC(C)n1nc(C(=O)N/N=C/c2ccc(C(C)(C)C)cc2)c2ccccc2c1=O. The van der Waals surface area contributed by atoms with E-state index in [1.807, 2.05) is 26.0 Å². The standard InChI is InChI=1S/C23H26N4O2/c1-15(2)27-22(29)19-9-7-6-8-18(19)20(26-27)21(28)25-24-14-16-10-12-17(13-11-16)23(3,4)5/h6-15H,1-5H3,(H,25,28)/b24-14+. The van der Waals surface area contributed by atoms with Crippen LogP contribution in [0.25, 0.3) is 10.8 Å². The largest absolute Gasteiger partial charge is 0.292 e. The third-order valence-corrected chi connectivity index (χ3v) is 4.69. The highest BCUT2D eigenvalue weighted by Crippen LogP contribution is 2.21.